The van der Waals surface area contributed by atoms with E-state index in [1.165, 1.54) is 5.56 Å². The van der Waals surface area contributed by atoms with Crippen molar-refractivity contribution in [2.24, 2.45) is 0 Å². The lowest BCUT2D eigenvalue weighted by Gasteiger charge is -2.18. The fourth-order valence-corrected chi connectivity index (χ4v) is 2.25. The van der Waals surface area contributed by atoms with Crippen LogP contribution in [0.15, 0.2) is 29.6 Å². The standard InChI is InChI=1S/C13H16N2S/c1-13(2,3)10-6-4-9(5-7-10)12-15-11(14)8-16-12/h4-8H,14H2,1-3H3. The molecule has 1 aromatic carbocycles. The largest absolute Gasteiger partial charge is 0.383 e. The number of nitrogens with zero attached hydrogens (tertiary/aromatic N) is 1. The molecule has 0 aliphatic carbocycles. The number of nitrogens with two attached hydrogens (primary N) is 1. The summed E-state index contributed by atoms with van der Waals surface area (Å²) in [4.78, 5) is 4.27. The Hall–Kier alpha value is -1.35. The maximum Gasteiger partial charge on any atom is 0.135 e. The molecule has 0 spiro atoms. The highest BCUT2D eigenvalue weighted by Gasteiger charge is 2.13. The van der Waals surface area contributed by atoms with Crippen LogP contribution >= 0.6 is 11.3 Å². The number of nitrogen functional groups attached to an aromatic ring is 1. The predicted octanol–water partition coefficient (Wildman–Crippen LogP) is 3.69. The van der Waals surface area contributed by atoms with Crippen molar-refractivity contribution in [3.8, 4) is 10.6 Å². The van der Waals surface area contributed by atoms with Crippen LogP contribution in [0.25, 0.3) is 10.6 Å². The number of aromatic nitrogens is 1. The first kappa shape index (κ1) is 11.1. The molecule has 3 heteroatoms. The summed E-state index contributed by atoms with van der Waals surface area (Å²) in [7, 11) is 0. The second-order valence-corrected chi connectivity index (χ2v) is 5.76. The van der Waals surface area contributed by atoms with Crippen molar-refractivity contribution in [1.29, 1.82) is 0 Å². The monoisotopic (exact) mass is 232 g/mol. The van der Waals surface area contributed by atoms with Crippen molar-refractivity contribution in [3.05, 3.63) is 35.2 Å². The Morgan fingerprint density at radius 2 is 1.75 bits per heavy atom. The number of thiazole rings is 1. The number of benzene rings is 1. The first-order valence-corrected chi connectivity index (χ1v) is 6.17. The van der Waals surface area contributed by atoms with Crippen molar-refractivity contribution >= 4 is 17.2 Å². The molecule has 0 aliphatic heterocycles. The van der Waals surface area contributed by atoms with E-state index in [9.17, 15) is 0 Å². The van der Waals surface area contributed by atoms with Gasteiger partial charge in [-0.2, -0.15) is 0 Å². The molecule has 0 bridgehead atoms. The van der Waals surface area contributed by atoms with Crippen LogP contribution in [0.1, 0.15) is 26.3 Å². The van der Waals surface area contributed by atoms with E-state index in [-0.39, 0.29) is 5.41 Å². The number of anilines is 1. The molecule has 2 rings (SSSR count). The molecule has 16 heavy (non-hydrogen) atoms. The zero-order chi connectivity index (χ0) is 11.8. The molecule has 2 aromatic rings. The summed E-state index contributed by atoms with van der Waals surface area (Å²) < 4.78 is 0. The Kier molecular flexibility index (Phi) is 2.72. The minimum Gasteiger partial charge on any atom is -0.383 e. The highest BCUT2D eigenvalue weighted by Crippen LogP contribution is 2.28. The second kappa shape index (κ2) is 3.91. The lowest BCUT2D eigenvalue weighted by molar-refractivity contribution is 0.590. The van der Waals surface area contributed by atoms with Crippen LogP contribution in [0.4, 0.5) is 5.82 Å². The zero-order valence-corrected chi connectivity index (χ0v) is 10.6. The summed E-state index contributed by atoms with van der Waals surface area (Å²) in [5.41, 5.74) is 8.28. The van der Waals surface area contributed by atoms with E-state index in [1.807, 2.05) is 5.38 Å². The topological polar surface area (TPSA) is 38.9 Å². The lowest BCUT2D eigenvalue weighted by Crippen LogP contribution is -2.10. The van der Waals surface area contributed by atoms with Crippen LogP contribution in [0.3, 0.4) is 0 Å². The van der Waals surface area contributed by atoms with E-state index in [0.717, 1.165) is 10.6 Å². The number of rotatable bonds is 1. The zero-order valence-electron chi connectivity index (χ0n) is 9.82. The third kappa shape index (κ3) is 2.25. The Bertz CT molecular complexity index is 477. The van der Waals surface area contributed by atoms with Gasteiger partial charge in [0.2, 0.25) is 0 Å². The van der Waals surface area contributed by atoms with Crippen molar-refractivity contribution in [2.75, 3.05) is 5.73 Å². The van der Waals surface area contributed by atoms with Gasteiger partial charge >= 0.3 is 0 Å². The van der Waals surface area contributed by atoms with Gasteiger partial charge in [0.15, 0.2) is 0 Å². The van der Waals surface area contributed by atoms with Gasteiger partial charge in [0.25, 0.3) is 0 Å². The average molecular weight is 232 g/mol. The van der Waals surface area contributed by atoms with Gasteiger partial charge in [0.05, 0.1) is 0 Å². The molecule has 1 aromatic heterocycles. The van der Waals surface area contributed by atoms with E-state index in [0.29, 0.717) is 5.82 Å². The highest BCUT2D eigenvalue weighted by molar-refractivity contribution is 7.13. The smallest absolute Gasteiger partial charge is 0.135 e. The van der Waals surface area contributed by atoms with Gasteiger partial charge in [0, 0.05) is 10.9 Å². The fourth-order valence-electron chi connectivity index (χ4n) is 1.53. The van der Waals surface area contributed by atoms with E-state index in [4.69, 9.17) is 5.73 Å². The Morgan fingerprint density at radius 1 is 1.12 bits per heavy atom. The minimum atomic E-state index is 0.195. The quantitative estimate of drug-likeness (QED) is 0.814. The molecule has 0 saturated carbocycles. The molecule has 2 nitrogen and oxygen atoms in total. The van der Waals surface area contributed by atoms with Crippen LogP contribution in [-0.4, -0.2) is 4.98 Å². The van der Waals surface area contributed by atoms with Crippen LogP contribution in [0, 0.1) is 0 Å². The first-order chi connectivity index (χ1) is 7.47. The maximum atomic E-state index is 5.61. The number of hydrogen-bond donors (Lipinski definition) is 1. The van der Waals surface area contributed by atoms with Gasteiger partial charge in [0.1, 0.15) is 10.8 Å². The van der Waals surface area contributed by atoms with Gasteiger partial charge < -0.3 is 5.73 Å². The summed E-state index contributed by atoms with van der Waals surface area (Å²) >= 11 is 1.58. The molecule has 84 valence electrons. The second-order valence-electron chi connectivity index (χ2n) is 4.90. The average Bonchev–Trinajstić information content (AvgIpc) is 2.64. The molecule has 0 radical (unpaired) electrons. The molecule has 0 atom stereocenters. The number of hydrogen-bond acceptors (Lipinski definition) is 3. The highest BCUT2D eigenvalue weighted by atomic mass is 32.1. The van der Waals surface area contributed by atoms with Crippen molar-refractivity contribution in [1.82, 2.24) is 4.98 Å². The van der Waals surface area contributed by atoms with E-state index < -0.39 is 0 Å². The molecule has 0 aliphatic rings. The van der Waals surface area contributed by atoms with Crippen molar-refractivity contribution in [2.45, 2.75) is 26.2 Å². The van der Waals surface area contributed by atoms with E-state index in [2.05, 4.69) is 50.0 Å². The third-order valence-corrected chi connectivity index (χ3v) is 3.43. The van der Waals surface area contributed by atoms with E-state index >= 15 is 0 Å². The maximum absolute atomic E-state index is 5.61. The minimum absolute atomic E-state index is 0.195. The first-order valence-electron chi connectivity index (χ1n) is 5.29. The van der Waals surface area contributed by atoms with Crippen molar-refractivity contribution < 1.29 is 0 Å². The summed E-state index contributed by atoms with van der Waals surface area (Å²) in [5, 5.41) is 2.85. The fraction of sp³-hybridized carbons (Fsp3) is 0.308. The molecule has 1 heterocycles. The van der Waals surface area contributed by atoms with Crippen LogP contribution in [0.5, 0.6) is 0 Å². The normalized spacial score (nSPS) is 11.7. The summed E-state index contributed by atoms with van der Waals surface area (Å²) in [6.45, 7) is 6.64. The van der Waals surface area contributed by atoms with Crippen LogP contribution < -0.4 is 5.73 Å². The molecule has 0 amide bonds. The van der Waals surface area contributed by atoms with Gasteiger partial charge in [-0.05, 0) is 11.0 Å². The molecule has 0 unspecified atom stereocenters. The van der Waals surface area contributed by atoms with Gasteiger partial charge in [-0.15, -0.1) is 11.3 Å². The lowest BCUT2D eigenvalue weighted by atomic mass is 9.87. The summed E-state index contributed by atoms with van der Waals surface area (Å²) in [6.07, 6.45) is 0. The SMILES string of the molecule is CC(C)(C)c1ccc(-c2nc(N)cs2)cc1. The third-order valence-electron chi connectivity index (χ3n) is 2.52. The molecule has 0 fully saturated rings. The Balaban J connectivity index is 2.33. The van der Waals surface area contributed by atoms with Gasteiger partial charge in [-0.1, -0.05) is 45.0 Å². The Labute approximate surface area is 100 Å². The molecule has 2 N–H and O–H groups in total. The van der Waals surface area contributed by atoms with Crippen molar-refractivity contribution in [3.63, 3.8) is 0 Å². The van der Waals surface area contributed by atoms with E-state index in [1.54, 1.807) is 11.3 Å². The van der Waals surface area contributed by atoms with Gasteiger partial charge in [-0.25, -0.2) is 4.98 Å². The molecular weight excluding hydrogens is 216 g/mol. The summed E-state index contributed by atoms with van der Waals surface area (Å²) in [6, 6.07) is 8.54. The molecule has 0 saturated heterocycles. The van der Waals surface area contributed by atoms with Crippen LogP contribution in [0.2, 0.25) is 0 Å². The Morgan fingerprint density at radius 3 is 2.19 bits per heavy atom. The predicted molar refractivity (Wildman–Crippen MR) is 70.7 cm³/mol. The van der Waals surface area contributed by atoms with Gasteiger partial charge in [-0.3, -0.25) is 0 Å². The summed E-state index contributed by atoms with van der Waals surface area (Å²) in [5.74, 6) is 0.597. The molecular formula is C13H16N2S. The van der Waals surface area contributed by atoms with Crippen LogP contribution in [-0.2, 0) is 5.41 Å².